The van der Waals surface area contributed by atoms with Crippen LogP contribution in [0.3, 0.4) is 0 Å². The number of nitrogens with zero attached hydrogens (tertiary/aromatic N) is 3. The average Bonchev–Trinajstić information content (AvgIpc) is 3.08. The van der Waals surface area contributed by atoms with Gasteiger partial charge in [0, 0.05) is 24.5 Å². The fraction of sp³-hybridized carbons (Fsp3) is 0.429. The van der Waals surface area contributed by atoms with Crippen LogP contribution in [0.4, 0.5) is 0 Å². The normalized spacial score (nSPS) is 15.0. The minimum Gasteiger partial charge on any atom is -0.310 e. The number of hydrogen-bond donors (Lipinski definition) is 1. The van der Waals surface area contributed by atoms with Gasteiger partial charge in [-0.15, -0.1) is 0 Å². The summed E-state index contributed by atoms with van der Waals surface area (Å²) in [5.41, 5.74) is 3.36. The van der Waals surface area contributed by atoms with E-state index in [0.717, 1.165) is 29.8 Å². The molecule has 94 valence electrons. The van der Waals surface area contributed by atoms with Gasteiger partial charge in [0.05, 0.1) is 5.69 Å². The maximum absolute atomic E-state index is 4.62. The van der Waals surface area contributed by atoms with Crippen molar-refractivity contribution in [3.63, 3.8) is 0 Å². The zero-order valence-corrected chi connectivity index (χ0v) is 10.8. The molecule has 0 unspecified atom stereocenters. The topological polar surface area (TPSA) is 42.7 Å². The average molecular weight is 242 g/mol. The van der Waals surface area contributed by atoms with Crippen LogP contribution < -0.4 is 5.32 Å². The number of rotatable bonds is 4. The summed E-state index contributed by atoms with van der Waals surface area (Å²) >= 11 is 0. The van der Waals surface area contributed by atoms with Crippen molar-refractivity contribution in [1.82, 2.24) is 20.1 Å². The van der Waals surface area contributed by atoms with Gasteiger partial charge in [0.1, 0.15) is 0 Å². The van der Waals surface area contributed by atoms with Gasteiger partial charge in [-0.1, -0.05) is 6.07 Å². The van der Waals surface area contributed by atoms with Gasteiger partial charge in [0.15, 0.2) is 5.82 Å². The molecule has 4 heteroatoms. The number of nitrogens with one attached hydrogen (secondary N) is 1. The minimum absolute atomic E-state index is 0.734. The second-order valence-electron chi connectivity index (χ2n) is 4.97. The Bertz CT molecular complexity index is 555. The summed E-state index contributed by atoms with van der Waals surface area (Å²) < 4.78 is 1.82. The molecule has 1 fully saturated rings. The monoisotopic (exact) mass is 242 g/mol. The molecule has 1 saturated carbocycles. The molecule has 2 aromatic heterocycles. The van der Waals surface area contributed by atoms with Crippen LogP contribution in [0.25, 0.3) is 5.82 Å². The van der Waals surface area contributed by atoms with Crippen LogP contribution in [-0.4, -0.2) is 20.8 Å². The summed E-state index contributed by atoms with van der Waals surface area (Å²) in [6.07, 6.45) is 4.58. The maximum Gasteiger partial charge on any atom is 0.153 e. The van der Waals surface area contributed by atoms with Crippen molar-refractivity contribution >= 4 is 0 Å². The van der Waals surface area contributed by atoms with Crippen LogP contribution in [0.15, 0.2) is 24.4 Å². The smallest absolute Gasteiger partial charge is 0.153 e. The molecule has 0 atom stereocenters. The molecule has 0 aromatic carbocycles. The maximum atomic E-state index is 4.62. The van der Waals surface area contributed by atoms with Crippen molar-refractivity contribution < 1.29 is 0 Å². The molecule has 0 radical (unpaired) electrons. The molecule has 0 saturated heterocycles. The Hall–Kier alpha value is -1.68. The number of aromatic nitrogens is 3. The Morgan fingerprint density at radius 3 is 2.72 bits per heavy atom. The van der Waals surface area contributed by atoms with Crippen LogP contribution >= 0.6 is 0 Å². The lowest BCUT2D eigenvalue weighted by molar-refractivity contribution is 0.680. The summed E-state index contributed by atoms with van der Waals surface area (Å²) in [6, 6.07) is 6.89. The van der Waals surface area contributed by atoms with Crippen LogP contribution in [0, 0.1) is 13.8 Å². The molecule has 1 aliphatic carbocycles. The van der Waals surface area contributed by atoms with E-state index in [0.29, 0.717) is 0 Å². The summed E-state index contributed by atoms with van der Waals surface area (Å²) in [6.45, 7) is 4.96. The van der Waals surface area contributed by atoms with E-state index >= 15 is 0 Å². The molecule has 2 heterocycles. The van der Waals surface area contributed by atoms with Crippen molar-refractivity contribution in [2.45, 2.75) is 39.3 Å². The highest BCUT2D eigenvalue weighted by molar-refractivity contribution is 5.30. The largest absolute Gasteiger partial charge is 0.310 e. The van der Waals surface area contributed by atoms with Crippen molar-refractivity contribution in [3.05, 3.63) is 41.3 Å². The van der Waals surface area contributed by atoms with Gasteiger partial charge in [-0.3, -0.25) is 0 Å². The molecule has 0 aliphatic heterocycles. The van der Waals surface area contributed by atoms with Crippen molar-refractivity contribution in [2.24, 2.45) is 0 Å². The molecule has 1 N–H and O–H groups in total. The van der Waals surface area contributed by atoms with Crippen molar-refractivity contribution in [3.8, 4) is 5.82 Å². The zero-order chi connectivity index (χ0) is 12.5. The molecule has 18 heavy (non-hydrogen) atoms. The molecule has 3 rings (SSSR count). The van der Waals surface area contributed by atoms with Crippen LogP contribution in [0.5, 0.6) is 0 Å². The van der Waals surface area contributed by atoms with Gasteiger partial charge in [-0.05, 0) is 44.4 Å². The first-order chi connectivity index (χ1) is 8.72. The summed E-state index contributed by atoms with van der Waals surface area (Å²) in [7, 11) is 0. The van der Waals surface area contributed by atoms with Gasteiger partial charge >= 0.3 is 0 Å². The van der Waals surface area contributed by atoms with Crippen LogP contribution in [0.1, 0.15) is 29.8 Å². The third-order valence-electron chi connectivity index (χ3n) is 3.30. The number of hydrogen-bond acceptors (Lipinski definition) is 3. The Morgan fingerprint density at radius 2 is 2.11 bits per heavy atom. The molecule has 0 amide bonds. The predicted octanol–water partition coefficient (Wildman–Crippen LogP) is 2.14. The number of pyridine rings is 1. The first-order valence-electron chi connectivity index (χ1n) is 6.45. The second kappa shape index (κ2) is 4.53. The van der Waals surface area contributed by atoms with E-state index < -0.39 is 0 Å². The highest BCUT2D eigenvalue weighted by Crippen LogP contribution is 2.20. The molecule has 0 spiro atoms. The van der Waals surface area contributed by atoms with E-state index in [2.05, 4.69) is 28.4 Å². The van der Waals surface area contributed by atoms with E-state index in [1.165, 1.54) is 18.4 Å². The highest BCUT2D eigenvalue weighted by Gasteiger charge is 2.20. The van der Waals surface area contributed by atoms with Gasteiger partial charge in [0.2, 0.25) is 0 Å². The van der Waals surface area contributed by atoms with Gasteiger partial charge in [0.25, 0.3) is 0 Å². The first kappa shape index (κ1) is 11.4. The van der Waals surface area contributed by atoms with E-state index in [9.17, 15) is 0 Å². The third kappa shape index (κ3) is 2.43. The van der Waals surface area contributed by atoms with Crippen molar-refractivity contribution in [2.75, 3.05) is 0 Å². The van der Waals surface area contributed by atoms with E-state index in [4.69, 9.17) is 0 Å². The Kier molecular flexibility index (Phi) is 2.88. The zero-order valence-electron chi connectivity index (χ0n) is 10.8. The fourth-order valence-corrected chi connectivity index (χ4v) is 1.98. The molecule has 1 aliphatic rings. The second-order valence-corrected chi connectivity index (χ2v) is 4.97. The van der Waals surface area contributed by atoms with Crippen LogP contribution in [0.2, 0.25) is 0 Å². The minimum atomic E-state index is 0.734. The molecule has 2 aromatic rings. The standard InChI is InChI=1S/C14H18N4/c1-10-7-8-18(17-10)14-6-3-12(11(2)16-14)9-15-13-4-5-13/h3,6-8,13,15H,4-5,9H2,1-2H3. The Labute approximate surface area is 107 Å². The summed E-state index contributed by atoms with van der Waals surface area (Å²) in [4.78, 5) is 4.62. The van der Waals surface area contributed by atoms with E-state index in [-0.39, 0.29) is 0 Å². The Balaban J connectivity index is 1.79. The summed E-state index contributed by atoms with van der Waals surface area (Å²) in [5, 5.41) is 7.89. The van der Waals surface area contributed by atoms with Gasteiger partial charge in [-0.25, -0.2) is 9.67 Å². The quantitative estimate of drug-likeness (QED) is 0.893. The van der Waals surface area contributed by atoms with Gasteiger partial charge < -0.3 is 5.32 Å². The van der Waals surface area contributed by atoms with Crippen molar-refractivity contribution in [1.29, 1.82) is 0 Å². The highest BCUT2D eigenvalue weighted by atomic mass is 15.3. The molecule has 0 bridgehead atoms. The predicted molar refractivity (Wildman–Crippen MR) is 70.7 cm³/mol. The third-order valence-corrected chi connectivity index (χ3v) is 3.30. The van der Waals surface area contributed by atoms with E-state index in [1.54, 1.807) is 0 Å². The lowest BCUT2D eigenvalue weighted by Crippen LogP contribution is -2.16. The number of aryl methyl sites for hydroxylation is 2. The Morgan fingerprint density at radius 1 is 1.28 bits per heavy atom. The molecular weight excluding hydrogens is 224 g/mol. The summed E-state index contributed by atoms with van der Waals surface area (Å²) in [5.74, 6) is 0.885. The van der Waals surface area contributed by atoms with E-state index in [1.807, 2.05) is 29.9 Å². The van der Waals surface area contributed by atoms with Crippen LogP contribution in [-0.2, 0) is 6.54 Å². The lowest BCUT2D eigenvalue weighted by Gasteiger charge is -2.08. The molecular formula is C14H18N4. The SMILES string of the molecule is Cc1ccn(-c2ccc(CNC3CC3)c(C)n2)n1. The lowest BCUT2D eigenvalue weighted by atomic mass is 10.2. The van der Waals surface area contributed by atoms with Gasteiger partial charge in [-0.2, -0.15) is 5.10 Å². The first-order valence-corrected chi connectivity index (χ1v) is 6.45. The fourth-order valence-electron chi connectivity index (χ4n) is 1.98. The molecule has 4 nitrogen and oxygen atoms in total.